The fourth-order valence-electron chi connectivity index (χ4n) is 1.69. The van der Waals surface area contributed by atoms with Crippen LogP contribution in [0.2, 0.25) is 0 Å². The summed E-state index contributed by atoms with van der Waals surface area (Å²) < 4.78 is 1.75. The number of aryl methyl sites for hydroxylation is 1. The van der Waals surface area contributed by atoms with Gasteiger partial charge in [-0.05, 0) is 18.2 Å². The van der Waals surface area contributed by atoms with Crippen molar-refractivity contribution in [2.45, 2.75) is 12.8 Å². The molecule has 6 nitrogen and oxygen atoms in total. The van der Waals surface area contributed by atoms with Crippen LogP contribution in [0.15, 0.2) is 30.6 Å². The Bertz CT molecular complexity index is 546. The Kier molecular flexibility index (Phi) is 4.12. The number of anilines is 1. The van der Waals surface area contributed by atoms with E-state index in [9.17, 15) is 4.79 Å². The third-order valence-corrected chi connectivity index (χ3v) is 2.66. The number of nitrogens with one attached hydrogen (secondary N) is 1. The van der Waals surface area contributed by atoms with Gasteiger partial charge in [-0.3, -0.25) is 14.5 Å². The minimum atomic E-state index is -0.0480. The van der Waals surface area contributed by atoms with Crippen LogP contribution in [-0.2, 0) is 24.7 Å². The van der Waals surface area contributed by atoms with Gasteiger partial charge in [-0.2, -0.15) is 5.10 Å². The van der Waals surface area contributed by atoms with Crippen LogP contribution >= 0.6 is 0 Å². The molecule has 0 atom stereocenters. The summed E-state index contributed by atoms with van der Waals surface area (Å²) in [5.74, 6) is -0.0480. The first kappa shape index (κ1) is 13.1. The highest BCUT2D eigenvalue weighted by Crippen LogP contribution is 2.01. The van der Waals surface area contributed by atoms with Crippen molar-refractivity contribution in [2.75, 3.05) is 12.3 Å². The molecule has 0 saturated carbocycles. The zero-order valence-electron chi connectivity index (χ0n) is 10.8. The van der Waals surface area contributed by atoms with Crippen molar-refractivity contribution in [3.05, 3.63) is 42.0 Å². The topological polar surface area (TPSA) is 85.8 Å². The third-order valence-electron chi connectivity index (χ3n) is 2.66. The van der Waals surface area contributed by atoms with E-state index in [-0.39, 0.29) is 12.3 Å². The number of nitrogen functional groups attached to an aromatic ring is 1. The number of nitrogens with two attached hydrogens (primary N) is 1. The van der Waals surface area contributed by atoms with E-state index in [0.717, 1.165) is 12.1 Å². The first-order chi connectivity index (χ1) is 9.13. The quantitative estimate of drug-likeness (QED) is 0.808. The van der Waals surface area contributed by atoms with Crippen LogP contribution in [0, 0.1) is 0 Å². The molecule has 0 spiro atoms. The van der Waals surface area contributed by atoms with Crippen molar-refractivity contribution in [3.63, 3.8) is 0 Å². The highest BCUT2D eigenvalue weighted by molar-refractivity contribution is 5.78. The number of amides is 1. The van der Waals surface area contributed by atoms with Crippen molar-refractivity contribution in [1.29, 1.82) is 0 Å². The van der Waals surface area contributed by atoms with Crippen LogP contribution in [-0.4, -0.2) is 27.2 Å². The maximum Gasteiger partial charge on any atom is 0.226 e. The number of aromatic nitrogens is 3. The van der Waals surface area contributed by atoms with Gasteiger partial charge >= 0.3 is 0 Å². The standard InChI is InChI=1S/C13H17N5O/c1-18-7-5-11(17-18)4-6-15-13(19)8-12-3-2-10(14)9-16-12/h2-3,5,7,9H,4,6,8,14H2,1H3,(H,15,19). The lowest BCUT2D eigenvalue weighted by molar-refractivity contribution is -0.120. The van der Waals surface area contributed by atoms with Crippen molar-refractivity contribution in [2.24, 2.45) is 7.05 Å². The molecule has 0 saturated heterocycles. The van der Waals surface area contributed by atoms with Gasteiger partial charge in [0.2, 0.25) is 5.91 Å². The highest BCUT2D eigenvalue weighted by atomic mass is 16.1. The Morgan fingerprint density at radius 1 is 1.37 bits per heavy atom. The second-order valence-corrected chi connectivity index (χ2v) is 4.34. The van der Waals surface area contributed by atoms with Gasteiger partial charge in [0, 0.05) is 31.9 Å². The number of carbonyl (C=O) groups is 1. The Hall–Kier alpha value is -2.37. The van der Waals surface area contributed by atoms with Crippen molar-refractivity contribution in [1.82, 2.24) is 20.1 Å². The lowest BCUT2D eigenvalue weighted by Gasteiger charge is -2.04. The Labute approximate surface area is 111 Å². The van der Waals surface area contributed by atoms with E-state index in [1.807, 2.05) is 19.3 Å². The van der Waals surface area contributed by atoms with E-state index in [2.05, 4.69) is 15.4 Å². The van der Waals surface area contributed by atoms with Crippen LogP contribution in [0.25, 0.3) is 0 Å². The molecule has 0 radical (unpaired) electrons. The summed E-state index contributed by atoms with van der Waals surface area (Å²) in [4.78, 5) is 15.8. The van der Waals surface area contributed by atoms with Gasteiger partial charge in [0.1, 0.15) is 0 Å². The molecular weight excluding hydrogens is 242 g/mol. The molecule has 0 fully saturated rings. The minimum absolute atomic E-state index is 0.0480. The van der Waals surface area contributed by atoms with E-state index >= 15 is 0 Å². The summed E-state index contributed by atoms with van der Waals surface area (Å²) in [5, 5.41) is 7.08. The number of hydrogen-bond donors (Lipinski definition) is 2. The Morgan fingerprint density at radius 2 is 2.21 bits per heavy atom. The van der Waals surface area contributed by atoms with E-state index in [4.69, 9.17) is 5.73 Å². The first-order valence-corrected chi connectivity index (χ1v) is 6.09. The smallest absolute Gasteiger partial charge is 0.226 e. The molecular formula is C13H17N5O. The number of pyridine rings is 1. The average Bonchev–Trinajstić information content (AvgIpc) is 2.78. The second-order valence-electron chi connectivity index (χ2n) is 4.34. The maximum absolute atomic E-state index is 11.7. The van der Waals surface area contributed by atoms with Crippen LogP contribution in [0.4, 0.5) is 5.69 Å². The summed E-state index contributed by atoms with van der Waals surface area (Å²) in [7, 11) is 1.87. The molecule has 19 heavy (non-hydrogen) atoms. The van der Waals surface area contributed by atoms with E-state index < -0.39 is 0 Å². The molecule has 0 bridgehead atoms. The molecule has 0 aromatic carbocycles. The fourth-order valence-corrected chi connectivity index (χ4v) is 1.69. The highest BCUT2D eigenvalue weighted by Gasteiger charge is 2.04. The number of carbonyl (C=O) groups excluding carboxylic acids is 1. The lowest BCUT2D eigenvalue weighted by Crippen LogP contribution is -2.27. The van der Waals surface area contributed by atoms with Crippen molar-refractivity contribution in [3.8, 4) is 0 Å². The monoisotopic (exact) mass is 259 g/mol. The van der Waals surface area contributed by atoms with E-state index in [1.165, 1.54) is 0 Å². The molecule has 3 N–H and O–H groups in total. The summed E-state index contributed by atoms with van der Waals surface area (Å²) in [6, 6.07) is 5.44. The molecule has 0 unspecified atom stereocenters. The van der Waals surface area contributed by atoms with Gasteiger partial charge in [0.25, 0.3) is 0 Å². The average molecular weight is 259 g/mol. The van der Waals surface area contributed by atoms with Gasteiger partial charge in [-0.15, -0.1) is 0 Å². The Balaban J connectivity index is 1.74. The number of hydrogen-bond acceptors (Lipinski definition) is 4. The molecule has 0 aliphatic rings. The van der Waals surface area contributed by atoms with Crippen LogP contribution in [0.1, 0.15) is 11.4 Å². The number of rotatable bonds is 5. The molecule has 0 aliphatic heterocycles. The first-order valence-electron chi connectivity index (χ1n) is 6.09. The molecule has 1 amide bonds. The Morgan fingerprint density at radius 3 is 2.84 bits per heavy atom. The molecule has 100 valence electrons. The van der Waals surface area contributed by atoms with Gasteiger partial charge in [0.05, 0.1) is 24.0 Å². The van der Waals surface area contributed by atoms with E-state index in [0.29, 0.717) is 17.9 Å². The van der Waals surface area contributed by atoms with E-state index in [1.54, 1.807) is 23.0 Å². The summed E-state index contributed by atoms with van der Waals surface area (Å²) in [6.07, 6.45) is 4.43. The van der Waals surface area contributed by atoms with Crippen LogP contribution in [0.3, 0.4) is 0 Å². The molecule has 2 aromatic rings. The summed E-state index contributed by atoms with van der Waals surface area (Å²) in [6.45, 7) is 0.574. The number of nitrogens with zero attached hydrogens (tertiary/aromatic N) is 3. The van der Waals surface area contributed by atoms with Crippen molar-refractivity contribution >= 4 is 11.6 Å². The second kappa shape index (κ2) is 5.99. The fraction of sp³-hybridized carbons (Fsp3) is 0.308. The van der Waals surface area contributed by atoms with Gasteiger partial charge in [0.15, 0.2) is 0 Å². The predicted molar refractivity (Wildman–Crippen MR) is 72.3 cm³/mol. The molecule has 2 rings (SSSR count). The predicted octanol–water partition coefficient (Wildman–Crippen LogP) is 0.299. The maximum atomic E-state index is 11.7. The van der Waals surface area contributed by atoms with Gasteiger partial charge in [-0.1, -0.05) is 0 Å². The lowest BCUT2D eigenvalue weighted by atomic mass is 10.2. The van der Waals surface area contributed by atoms with Gasteiger partial charge in [-0.25, -0.2) is 0 Å². The molecule has 0 aliphatic carbocycles. The molecule has 6 heteroatoms. The SMILES string of the molecule is Cn1ccc(CCNC(=O)Cc2ccc(N)cn2)n1. The van der Waals surface area contributed by atoms with Crippen molar-refractivity contribution < 1.29 is 4.79 Å². The molecule has 2 aromatic heterocycles. The normalized spacial score (nSPS) is 10.4. The summed E-state index contributed by atoms with van der Waals surface area (Å²) >= 11 is 0. The largest absolute Gasteiger partial charge is 0.397 e. The zero-order chi connectivity index (χ0) is 13.7. The van der Waals surface area contributed by atoms with Gasteiger partial charge < -0.3 is 11.1 Å². The zero-order valence-corrected chi connectivity index (χ0v) is 10.8. The third kappa shape index (κ3) is 4.09. The van der Waals surface area contributed by atoms with Crippen LogP contribution in [0.5, 0.6) is 0 Å². The minimum Gasteiger partial charge on any atom is -0.397 e. The molecule has 2 heterocycles. The summed E-state index contributed by atoms with van der Waals surface area (Å²) in [5.41, 5.74) is 7.81. The van der Waals surface area contributed by atoms with Crippen LogP contribution < -0.4 is 11.1 Å².